The summed E-state index contributed by atoms with van der Waals surface area (Å²) in [4.78, 5) is 15.2. The lowest BCUT2D eigenvalue weighted by Gasteiger charge is -2.28. The van der Waals surface area contributed by atoms with Crippen molar-refractivity contribution in [1.82, 2.24) is 4.90 Å². The Kier molecular flexibility index (Phi) is 5.74. The van der Waals surface area contributed by atoms with Crippen molar-refractivity contribution >= 4 is 17.5 Å². The number of hydrogen-bond donors (Lipinski definition) is 0. The third-order valence-corrected chi connectivity index (χ3v) is 5.52. The van der Waals surface area contributed by atoms with Gasteiger partial charge in [0.05, 0.1) is 13.2 Å². The van der Waals surface area contributed by atoms with Crippen LogP contribution in [0.2, 0.25) is 5.02 Å². The number of amides is 1. The summed E-state index contributed by atoms with van der Waals surface area (Å²) in [6, 6.07) is 13.3. The quantitative estimate of drug-likeness (QED) is 0.737. The summed E-state index contributed by atoms with van der Waals surface area (Å²) >= 11 is 6.09. The van der Waals surface area contributed by atoms with E-state index in [1.54, 1.807) is 13.2 Å². The summed E-state index contributed by atoms with van der Waals surface area (Å²) in [6.45, 7) is 1.76. The van der Waals surface area contributed by atoms with Gasteiger partial charge >= 0.3 is 0 Å². The van der Waals surface area contributed by atoms with Gasteiger partial charge in [-0.3, -0.25) is 4.79 Å². The molecule has 1 amide bonds. The lowest BCUT2D eigenvalue weighted by atomic mass is 10.1. The van der Waals surface area contributed by atoms with Crippen molar-refractivity contribution in [3.63, 3.8) is 0 Å². The Balaban J connectivity index is 1.53. The highest BCUT2D eigenvalue weighted by Crippen LogP contribution is 2.32. The van der Waals surface area contributed by atoms with E-state index in [1.807, 2.05) is 41.3 Å². The zero-order valence-electron chi connectivity index (χ0n) is 15.9. The molecule has 2 aliphatic heterocycles. The summed E-state index contributed by atoms with van der Waals surface area (Å²) in [7, 11) is 1.64. The molecule has 0 N–H and O–H groups in total. The van der Waals surface area contributed by atoms with Gasteiger partial charge < -0.3 is 19.1 Å². The van der Waals surface area contributed by atoms with E-state index in [4.69, 9.17) is 25.8 Å². The summed E-state index contributed by atoms with van der Waals surface area (Å²) in [5.41, 5.74) is 1.94. The number of para-hydroxylation sites is 1. The molecule has 4 rings (SSSR count). The van der Waals surface area contributed by atoms with Crippen molar-refractivity contribution in [3.05, 3.63) is 58.6 Å². The minimum Gasteiger partial charge on any atom is -0.496 e. The predicted octanol–water partition coefficient (Wildman–Crippen LogP) is 3.86. The fourth-order valence-corrected chi connectivity index (χ4v) is 4.06. The number of carbonyl (C=O) groups is 1. The molecule has 0 bridgehead atoms. The Morgan fingerprint density at radius 3 is 2.93 bits per heavy atom. The highest BCUT2D eigenvalue weighted by atomic mass is 35.5. The first-order chi connectivity index (χ1) is 13.6. The van der Waals surface area contributed by atoms with Gasteiger partial charge in [0.2, 0.25) is 0 Å². The molecule has 6 heteroatoms. The van der Waals surface area contributed by atoms with E-state index in [0.717, 1.165) is 42.1 Å². The van der Waals surface area contributed by atoms with Gasteiger partial charge in [0.25, 0.3) is 5.91 Å². The van der Waals surface area contributed by atoms with Gasteiger partial charge in [0.1, 0.15) is 11.5 Å². The Morgan fingerprint density at radius 2 is 2.14 bits per heavy atom. The van der Waals surface area contributed by atoms with Crippen LogP contribution in [0, 0.1) is 0 Å². The molecule has 0 spiro atoms. The normalized spacial score (nSPS) is 20.5. The fourth-order valence-electron chi connectivity index (χ4n) is 3.86. The predicted molar refractivity (Wildman–Crippen MR) is 107 cm³/mol. The van der Waals surface area contributed by atoms with Crippen LogP contribution in [0.15, 0.2) is 42.5 Å². The lowest BCUT2D eigenvalue weighted by molar-refractivity contribution is -0.140. The summed E-state index contributed by atoms with van der Waals surface area (Å²) in [5, 5.41) is 0.653. The van der Waals surface area contributed by atoms with Gasteiger partial charge in [0, 0.05) is 36.7 Å². The molecule has 0 saturated carbocycles. The van der Waals surface area contributed by atoms with Crippen LogP contribution in [-0.2, 0) is 22.5 Å². The zero-order valence-corrected chi connectivity index (χ0v) is 16.7. The smallest absolute Gasteiger partial charge is 0.264 e. The maximum atomic E-state index is 13.4. The van der Waals surface area contributed by atoms with E-state index in [9.17, 15) is 4.79 Å². The van der Waals surface area contributed by atoms with Crippen LogP contribution in [-0.4, -0.2) is 43.3 Å². The molecule has 2 heterocycles. The highest BCUT2D eigenvalue weighted by Gasteiger charge is 2.34. The third-order valence-electron chi connectivity index (χ3n) is 5.29. The number of benzene rings is 2. The van der Waals surface area contributed by atoms with Gasteiger partial charge in [-0.2, -0.15) is 0 Å². The summed E-state index contributed by atoms with van der Waals surface area (Å²) in [6.07, 6.45) is 2.06. The molecule has 2 aromatic rings. The molecular weight excluding hydrogens is 378 g/mol. The third kappa shape index (κ3) is 4.10. The van der Waals surface area contributed by atoms with Crippen LogP contribution in [0.1, 0.15) is 24.0 Å². The molecule has 2 aromatic carbocycles. The van der Waals surface area contributed by atoms with Crippen LogP contribution < -0.4 is 9.47 Å². The minimum atomic E-state index is -0.537. The largest absolute Gasteiger partial charge is 0.496 e. The molecule has 0 radical (unpaired) electrons. The number of hydrogen-bond acceptors (Lipinski definition) is 4. The number of methoxy groups -OCH3 is 1. The van der Waals surface area contributed by atoms with Gasteiger partial charge in [-0.25, -0.2) is 0 Å². The SMILES string of the molecule is COc1ccccc1CN(C[C@H]1CCCO1)C(=O)[C@@H]1Cc2cc(Cl)ccc2O1. The number of nitrogens with zero attached hydrogens (tertiary/aromatic N) is 1. The zero-order chi connectivity index (χ0) is 19.5. The summed E-state index contributed by atoms with van der Waals surface area (Å²) < 4.78 is 17.2. The summed E-state index contributed by atoms with van der Waals surface area (Å²) in [5.74, 6) is 1.47. The second kappa shape index (κ2) is 8.41. The second-order valence-corrected chi connectivity index (χ2v) is 7.66. The number of rotatable bonds is 6. The van der Waals surface area contributed by atoms with Crippen molar-refractivity contribution in [3.8, 4) is 11.5 Å². The Morgan fingerprint density at radius 1 is 1.29 bits per heavy atom. The van der Waals surface area contributed by atoms with Crippen molar-refractivity contribution in [2.45, 2.75) is 38.0 Å². The second-order valence-electron chi connectivity index (χ2n) is 7.23. The van der Waals surface area contributed by atoms with Crippen LogP contribution in [0.25, 0.3) is 0 Å². The van der Waals surface area contributed by atoms with Crippen LogP contribution in [0.3, 0.4) is 0 Å². The van der Waals surface area contributed by atoms with Crippen LogP contribution in [0.5, 0.6) is 11.5 Å². The molecule has 0 unspecified atom stereocenters. The first-order valence-electron chi connectivity index (χ1n) is 9.61. The number of carbonyl (C=O) groups excluding carboxylic acids is 1. The molecule has 148 valence electrons. The van der Waals surface area contributed by atoms with Crippen LogP contribution >= 0.6 is 11.6 Å². The molecule has 2 aliphatic rings. The van der Waals surface area contributed by atoms with Crippen molar-refractivity contribution in [2.75, 3.05) is 20.3 Å². The van der Waals surface area contributed by atoms with E-state index < -0.39 is 6.10 Å². The Bertz CT molecular complexity index is 850. The minimum absolute atomic E-state index is 0.0336. The van der Waals surface area contributed by atoms with E-state index >= 15 is 0 Å². The van der Waals surface area contributed by atoms with Gasteiger partial charge in [0.15, 0.2) is 6.10 Å². The highest BCUT2D eigenvalue weighted by molar-refractivity contribution is 6.30. The van der Waals surface area contributed by atoms with E-state index in [0.29, 0.717) is 24.5 Å². The van der Waals surface area contributed by atoms with Crippen molar-refractivity contribution in [2.24, 2.45) is 0 Å². The maximum Gasteiger partial charge on any atom is 0.264 e. The molecule has 1 saturated heterocycles. The standard InChI is InChI=1S/C22H24ClNO4/c1-26-19-7-3-2-5-15(19)13-24(14-18-6-4-10-27-18)22(25)21-12-16-11-17(23)8-9-20(16)28-21/h2-3,5,7-9,11,18,21H,4,6,10,12-14H2,1H3/t18-,21+/m1/s1. The molecule has 1 fully saturated rings. The average molecular weight is 402 g/mol. The van der Waals surface area contributed by atoms with Gasteiger partial charge in [-0.1, -0.05) is 29.8 Å². The monoisotopic (exact) mass is 401 g/mol. The fraction of sp³-hybridized carbons (Fsp3) is 0.409. The van der Waals surface area contributed by atoms with Gasteiger partial charge in [-0.05, 0) is 42.7 Å². The first kappa shape index (κ1) is 19.1. The van der Waals surface area contributed by atoms with Crippen LogP contribution in [0.4, 0.5) is 0 Å². The average Bonchev–Trinajstić information content (AvgIpc) is 3.36. The van der Waals surface area contributed by atoms with E-state index in [2.05, 4.69) is 0 Å². The molecule has 0 aromatic heterocycles. The van der Waals surface area contributed by atoms with E-state index in [1.165, 1.54) is 0 Å². The van der Waals surface area contributed by atoms with Crippen molar-refractivity contribution < 1.29 is 19.0 Å². The number of ether oxygens (including phenoxy) is 3. The van der Waals surface area contributed by atoms with E-state index in [-0.39, 0.29) is 12.0 Å². The molecular formula is C22H24ClNO4. The van der Waals surface area contributed by atoms with Gasteiger partial charge in [-0.15, -0.1) is 0 Å². The Hall–Kier alpha value is -2.24. The maximum absolute atomic E-state index is 13.4. The Labute approximate surface area is 170 Å². The molecule has 2 atom stereocenters. The lowest BCUT2D eigenvalue weighted by Crippen LogP contribution is -2.44. The first-order valence-corrected chi connectivity index (χ1v) is 9.99. The van der Waals surface area contributed by atoms with Crippen molar-refractivity contribution in [1.29, 1.82) is 0 Å². The number of halogens is 1. The number of fused-ring (bicyclic) bond motifs is 1. The molecule has 0 aliphatic carbocycles. The topological polar surface area (TPSA) is 48.0 Å². The molecule has 5 nitrogen and oxygen atoms in total. The molecule has 28 heavy (non-hydrogen) atoms.